The lowest BCUT2D eigenvalue weighted by atomic mass is 10.2. The molecule has 94 valence electrons. The molecule has 2 aromatic carbocycles. The molecular weight excluding hydrogens is 299 g/mol. The second-order valence-electron chi connectivity index (χ2n) is 3.74. The predicted octanol–water partition coefficient (Wildman–Crippen LogP) is 3.92. The highest BCUT2D eigenvalue weighted by atomic mass is 79.9. The monoisotopic (exact) mass is 310 g/mol. The van der Waals surface area contributed by atoms with Gasteiger partial charge in [0, 0.05) is 15.8 Å². The van der Waals surface area contributed by atoms with Crippen LogP contribution in [0, 0.1) is 5.82 Å². The lowest BCUT2D eigenvalue weighted by molar-refractivity contribution is 0.416. The maximum atomic E-state index is 13.2. The fraction of sp³-hybridized carbons (Fsp3) is 0.0769. The minimum absolute atomic E-state index is 0.367. The number of benzene rings is 2. The van der Waals surface area contributed by atoms with Crippen molar-refractivity contribution in [1.29, 1.82) is 0 Å². The highest BCUT2D eigenvalue weighted by Gasteiger charge is 2.05. The fourth-order valence-corrected chi connectivity index (χ4v) is 1.98. The van der Waals surface area contributed by atoms with Gasteiger partial charge in [0.05, 0.1) is 12.8 Å². The van der Waals surface area contributed by atoms with Crippen molar-refractivity contribution in [3.05, 3.63) is 46.7 Å². The molecule has 0 aliphatic carbocycles. The first-order valence-electron chi connectivity index (χ1n) is 5.25. The minimum Gasteiger partial charge on any atom is -0.495 e. The molecule has 18 heavy (non-hydrogen) atoms. The van der Waals surface area contributed by atoms with Gasteiger partial charge in [-0.3, -0.25) is 0 Å². The lowest BCUT2D eigenvalue weighted by Crippen LogP contribution is -1.96. The first-order chi connectivity index (χ1) is 8.58. The number of hydrogen-bond acceptors (Lipinski definition) is 3. The van der Waals surface area contributed by atoms with Crippen molar-refractivity contribution in [2.75, 3.05) is 18.2 Å². The first-order valence-corrected chi connectivity index (χ1v) is 6.04. The second kappa shape index (κ2) is 5.27. The van der Waals surface area contributed by atoms with Gasteiger partial charge in [-0.1, -0.05) is 15.9 Å². The molecule has 2 rings (SSSR count). The normalized spacial score (nSPS) is 10.2. The van der Waals surface area contributed by atoms with Crippen LogP contribution in [0.15, 0.2) is 40.9 Å². The molecule has 5 heteroatoms. The van der Waals surface area contributed by atoms with Crippen molar-refractivity contribution in [3.63, 3.8) is 0 Å². The molecule has 0 atom stereocenters. The van der Waals surface area contributed by atoms with Crippen molar-refractivity contribution in [2.24, 2.45) is 0 Å². The van der Waals surface area contributed by atoms with E-state index in [0.717, 1.165) is 10.2 Å². The van der Waals surface area contributed by atoms with E-state index in [1.54, 1.807) is 13.2 Å². The van der Waals surface area contributed by atoms with Gasteiger partial charge in [-0.05, 0) is 36.4 Å². The SMILES string of the molecule is COc1ccc(Br)cc1Nc1cc(N)cc(F)c1. The first kappa shape index (κ1) is 12.7. The van der Waals surface area contributed by atoms with Crippen LogP contribution in [0.5, 0.6) is 5.75 Å². The second-order valence-corrected chi connectivity index (χ2v) is 4.66. The minimum atomic E-state index is -0.383. The maximum Gasteiger partial charge on any atom is 0.142 e. The van der Waals surface area contributed by atoms with Crippen molar-refractivity contribution < 1.29 is 9.13 Å². The Hall–Kier alpha value is -1.75. The average Bonchev–Trinajstić information content (AvgIpc) is 2.27. The van der Waals surface area contributed by atoms with Gasteiger partial charge in [-0.15, -0.1) is 0 Å². The van der Waals surface area contributed by atoms with Crippen LogP contribution in [-0.2, 0) is 0 Å². The summed E-state index contributed by atoms with van der Waals surface area (Å²) in [6, 6.07) is 9.82. The largest absolute Gasteiger partial charge is 0.495 e. The number of anilines is 3. The number of methoxy groups -OCH3 is 1. The molecular formula is C13H12BrFN2O. The Labute approximate surface area is 113 Å². The molecule has 0 aromatic heterocycles. The molecule has 0 bridgehead atoms. The number of rotatable bonds is 3. The van der Waals surface area contributed by atoms with Crippen molar-refractivity contribution in [2.45, 2.75) is 0 Å². The average molecular weight is 311 g/mol. The number of halogens is 2. The van der Waals surface area contributed by atoms with Crippen molar-refractivity contribution in [1.82, 2.24) is 0 Å². The van der Waals surface area contributed by atoms with E-state index in [9.17, 15) is 4.39 Å². The molecule has 0 amide bonds. The molecule has 0 spiro atoms. The number of nitrogens with two attached hydrogens (primary N) is 1. The zero-order valence-corrected chi connectivity index (χ0v) is 11.3. The standard InChI is InChI=1S/C13H12BrFN2O/c1-18-13-3-2-8(14)4-12(13)17-11-6-9(15)5-10(16)7-11/h2-7,17H,16H2,1H3. The summed E-state index contributed by atoms with van der Waals surface area (Å²) in [7, 11) is 1.58. The summed E-state index contributed by atoms with van der Waals surface area (Å²) in [4.78, 5) is 0. The number of hydrogen-bond donors (Lipinski definition) is 2. The van der Waals surface area contributed by atoms with Crippen LogP contribution in [0.25, 0.3) is 0 Å². The van der Waals surface area contributed by atoms with Gasteiger partial charge in [0.2, 0.25) is 0 Å². The summed E-state index contributed by atoms with van der Waals surface area (Å²) in [5.74, 6) is 0.285. The quantitative estimate of drug-likeness (QED) is 0.845. The summed E-state index contributed by atoms with van der Waals surface area (Å²) < 4.78 is 19.4. The van der Waals surface area contributed by atoms with E-state index in [1.807, 2.05) is 18.2 Å². The Bertz CT molecular complexity index is 555. The third kappa shape index (κ3) is 2.92. The Morgan fingerprint density at radius 3 is 2.67 bits per heavy atom. The van der Waals surface area contributed by atoms with E-state index in [-0.39, 0.29) is 5.82 Å². The van der Waals surface area contributed by atoms with E-state index >= 15 is 0 Å². The highest BCUT2D eigenvalue weighted by molar-refractivity contribution is 9.10. The highest BCUT2D eigenvalue weighted by Crippen LogP contribution is 2.31. The van der Waals surface area contributed by atoms with Crippen LogP contribution >= 0.6 is 15.9 Å². The zero-order valence-electron chi connectivity index (χ0n) is 9.71. The van der Waals surface area contributed by atoms with Gasteiger partial charge in [0.25, 0.3) is 0 Å². The van der Waals surface area contributed by atoms with Crippen LogP contribution in [0.2, 0.25) is 0 Å². The van der Waals surface area contributed by atoms with Crippen molar-refractivity contribution >= 4 is 33.0 Å². The van der Waals surface area contributed by atoms with Gasteiger partial charge in [0.1, 0.15) is 11.6 Å². The third-order valence-electron chi connectivity index (χ3n) is 2.36. The van der Waals surface area contributed by atoms with Gasteiger partial charge >= 0.3 is 0 Å². The summed E-state index contributed by atoms with van der Waals surface area (Å²) in [6.45, 7) is 0. The van der Waals surface area contributed by atoms with Gasteiger partial charge < -0.3 is 15.8 Å². The topological polar surface area (TPSA) is 47.3 Å². The van der Waals surface area contributed by atoms with Crippen LogP contribution in [0.4, 0.5) is 21.5 Å². The Morgan fingerprint density at radius 1 is 1.22 bits per heavy atom. The van der Waals surface area contributed by atoms with E-state index in [0.29, 0.717) is 17.1 Å². The summed E-state index contributed by atoms with van der Waals surface area (Å²) in [5, 5.41) is 3.07. The third-order valence-corrected chi connectivity index (χ3v) is 2.85. The fourth-order valence-electron chi connectivity index (χ4n) is 1.62. The molecule has 0 fully saturated rings. The molecule has 3 nitrogen and oxygen atoms in total. The predicted molar refractivity (Wildman–Crippen MR) is 74.8 cm³/mol. The molecule has 0 aliphatic heterocycles. The Kier molecular flexibility index (Phi) is 3.72. The molecule has 3 N–H and O–H groups in total. The zero-order chi connectivity index (χ0) is 13.1. The molecule has 0 radical (unpaired) electrons. The van der Waals surface area contributed by atoms with E-state index in [1.165, 1.54) is 12.1 Å². The van der Waals surface area contributed by atoms with Crippen LogP contribution in [0.3, 0.4) is 0 Å². The molecule has 2 aromatic rings. The molecule has 0 unspecified atom stereocenters. The van der Waals surface area contributed by atoms with Gasteiger partial charge in [-0.2, -0.15) is 0 Å². The lowest BCUT2D eigenvalue weighted by Gasteiger charge is -2.12. The number of ether oxygens (including phenoxy) is 1. The van der Waals surface area contributed by atoms with E-state index in [2.05, 4.69) is 21.2 Å². The summed E-state index contributed by atoms with van der Waals surface area (Å²) in [6.07, 6.45) is 0. The van der Waals surface area contributed by atoms with Crippen LogP contribution < -0.4 is 15.8 Å². The number of nitrogen functional groups attached to an aromatic ring is 1. The van der Waals surface area contributed by atoms with Crippen molar-refractivity contribution in [3.8, 4) is 5.75 Å². The van der Waals surface area contributed by atoms with E-state index in [4.69, 9.17) is 10.5 Å². The molecule has 0 saturated heterocycles. The molecule has 0 saturated carbocycles. The smallest absolute Gasteiger partial charge is 0.142 e. The summed E-state index contributed by atoms with van der Waals surface area (Å²) in [5.41, 5.74) is 7.27. The maximum absolute atomic E-state index is 13.2. The van der Waals surface area contributed by atoms with Crippen LogP contribution in [0.1, 0.15) is 0 Å². The van der Waals surface area contributed by atoms with Gasteiger partial charge in [-0.25, -0.2) is 4.39 Å². The van der Waals surface area contributed by atoms with Crippen LogP contribution in [-0.4, -0.2) is 7.11 Å². The van der Waals surface area contributed by atoms with E-state index < -0.39 is 0 Å². The Balaban J connectivity index is 2.35. The number of nitrogens with one attached hydrogen (secondary N) is 1. The molecule has 0 aliphatic rings. The summed E-state index contributed by atoms with van der Waals surface area (Å²) >= 11 is 3.37. The van der Waals surface area contributed by atoms with Gasteiger partial charge in [0.15, 0.2) is 0 Å². The molecule has 0 heterocycles. The Morgan fingerprint density at radius 2 is 2.00 bits per heavy atom.